The number of benzene rings is 1. The molecule has 1 saturated heterocycles. The second-order valence-electron chi connectivity index (χ2n) is 6.62. The van der Waals surface area contributed by atoms with Gasteiger partial charge in [0.05, 0.1) is 0 Å². The molecule has 24 heavy (non-hydrogen) atoms. The first-order valence-electron chi connectivity index (χ1n) is 8.57. The molecule has 1 aliphatic heterocycles. The molecule has 0 atom stereocenters. The van der Waals surface area contributed by atoms with Crippen molar-refractivity contribution < 1.29 is 4.79 Å². The summed E-state index contributed by atoms with van der Waals surface area (Å²) in [6, 6.07) is 10.6. The van der Waals surface area contributed by atoms with Crippen LogP contribution in [0.25, 0.3) is 0 Å². The maximum absolute atomic E-state index is 12.4. The zero-order valence-electron chi connectivity index (χ0n) is 14.5. The lowest BCUT2D eigenvalue weighted by molar-refractivity contribution is -0.130. The second kappa shape index (κ2) is 7.58. The summed E-state index contributed by atoms with van der Waals surface area (Å²) < 4.78 is 0. The number of pyridine rings is 1. The van der Waals surface area contributed by atoms with E-state index in [9.17, 15) is 4.79 Å². The molecule has 126 valence electrons. The summed E-state index contributed by atoms with van der Waals surface area (Å²) in [5.74, 6) is 0.237. The van der Waals surface area contributed by atoms with Crippen molar-refractivity contribution in [3.63, 3.8) is 0 Å². The van der Waals surface area contributed by atoms with Gasteiger partial charge in [0.25, 0.3) is 0 Å². The van der Waals surface area contributed by atoms with Crippen molar-refractivity contribution in [2.75, 3.05) is 19.6 Å². The van der Waals surface area contributed by atoms with E-state index in [1.165, 1.54) is 16.7 Å². The van der Waals surface area contributed by atoms with E-state index in [-0.39, 0.29) is 5.91 Å². The van der Waals surface area contributed by atoms with E-state index in [0.29, 0.717) is 13.0 Å². The van der Waals surface area contributed by atoms with E-state index in [1.807, 2.05) is 23.2 Å². The number of carbonyl (C=O) groups is 1. The van der Waals surface area contributed by atoms with E-state index in [0.717, 1.165) is 31.7 Å². The lowest BCUT2D eigenvalue weighted by atomic mass is 10.1. The Bertz CT molecular complexity index is 699. The summed E-state index contributed by atoms with van der Waals surface area (Å²) in [5.41, 5.74) is 5.07. The van der Waals surface area contributed by atoms with E-state index in [2.05, 4.69) is 41.9 Å². The Morgan fingerprint density at radius 2 is 1.88 bits per heavy atom. The molecule has 0 spiro atoms. The second-order valence-corrected chi connectivity index (χ2v) is 6.62. The molecule has 0 N–H and O–H groups in total. The summed E-state index contributed by atoms with van der Waals surface area (Å²) >= 11 is 0. The molecule has 2 aromatic rings. The highest BCUT2D eigenvalue weighted by molar-refractivity contribution is 5.76. The minimum Gasteiger partial charge on any atom is -0.337 e. The average Bonchev–Trinajstić information content (AvgIpc) is 2.75. The van der Waals surface area contributed by atoms with Gasteiger partial charge in [-0.05, 0) is 42.2 Å². The van der Waals surface area contributed by atoms with Crippen LogP contribution in [-0.4, -0.2) is 40.3 Å². The van der Waals surface area contributed by atoms with Crippen LogP contribution in [0.5, 0.6) is 0 Å². The molecule has 1 aromatic carbocycles. The summed E-state index contributed by atoms with van der Waals surface area (Å²) in [4.78, 5) is 20.9. The molecule has 4 nitrogen and oxygen atoms in total. The van der Waals surface area contributed by atoms with Crippen LogP contribution < -0.4 is 0 Å². The van der Waals surface area contributed by atoms with Gasteiger partial charge in [0.1, 0.15) is 0 Å². The highest BCUT2D eigenvalue weighted by Gasteiger charge is 2.21. The normalized spacial score (nSPS) is 16.2. The summed E-state index contributed by atoms with van der Waals surface area (Å²) in [7, 11) is 0. The van der Waals surface area contributed by atoms with Crippen LogP contribution in [0.4, 0.5) is 0 Å². The van der Waals surface area contributed by atoms with Gasteiger partial charge < -0.3 is 4.90 Å². The van der Waals surface area contributed by atoms with E-state index < -0.39 is 0 Å². The largest absolute Gasteiger partial charge is 0.337 e. The van der Waals surface area contributed by atoms with Gasteiger partial charge in [-0.15, -0.1) is 0 Å². The van der Waals surface area contributed by atoms with Gasteiger partial charge in [0, 0.05) is 51.5 Å². The maximum atomic E-state index is 12.4. The van der Waals surface area contributed by atoms with Crippen molar-refractivity contribution in [3.8, 4) is 0 Å². The average molecular weight is 323 g/mol. The first kappa shape index (κ1) is 16.7. The molecule has 0 aliphatic carbocycles. The number of hydrogen-bond acceptors (Lipinski definition) is 3. The summed E-state index contributed by atoms with van der Waals surface area (Å²) in [5, 5.41) is 0. The topological polar surface area (TPSA) is 36.4 Å². The van der Waals surface area contributed by atoms with Gasteiger partial charge in [-0.2, -0.15) is 0 Å². The number of rotatable bonds is 4. The van der Waals surface area contributed by atoms with Crippen molar-refractivity contribution in [2.45, 2.75) is 33.4 Å². The molecular formula is C20H25N3O. The molecule has 0 unspecified atom stereocenters. The predicted octanol–water partition coefficient (Wildman–Crippen LogP) is 2.93. The number of carbonyl (C=O) groups excluding carboxylic acids is 1. The third-order valence-corrected chi connectivity index (χ3v) is 4.75. The molecule has 0 radical (unpaired) electrons. The first-order valence-corrected chi connectivity index (χ1v) is 8.57. The van der Waals surface area contributed by atoms with E-state index in [4.69, 9.17) is 0 Å². The Kier molecular flexibility index (Phi) is 5.26. The molecule has 4 heteroatoms. The monoisotopic (exact) mass is 323 g/mol. The number of amides is 1. The van der Waals surface area contributed by atoms with Crippen LogP contribution in [0.15, 0.2) is 42.7 Å². The van der Waals surface area contributed by atoms with Gasteiger partial charge >= 0.3 is 0 Å². The summed E-state index contributed by atoms with van der Waals surface area (Å²) in [6.45, 7) is 8.38. The number of aromatic nitrogens is 1. The molecule has 0 bridgehead atoms. The van der Waals surface area contributed by atoms with Crippen molar-refractivity contribution in [2.24, 2.45) is 0 Å². The Balaban J connectivity index is 1.61. The zero-order valence-corrected chi connectivity index (χ0v) is 14.5. The van der Waals surface area contributed by atoms with Crippen LogP contribution in [0.2, 0.25) is 0 Å². The van der Waals surface area contributed by atoms with Gasteiger partial charge in [0.2, 0.25) is 5.91 Å². The Morgan fingerprint density at radius 3 is 2.62 bits per heavy atom. The Labute approximate surface area is 144 Å². The summed E-state index contributed by atoms with van der Waals surface area (Å²) in [6.07, 6.45) is 4.19. The fraction of sp³-hybridized carbons (Fsp3) is 0.400. The molecule has 1 fully saturated rings. The van der Waals surface area contributed by atoms with Gasteiger partial charge in [0.15, 0.2) is 0 Å². The quantitative estimate of drug-likeness (QED) is 0.868. The van der Waals surface area contributed by atoms with Crippen molar-refractivity contribution >= 4 is 5.91 Å². The highest BCUT2D eigenvalue weighted by atomic mass is 16.2. The zero-order chi connectivity index (χ0) is 16.9. The molecule has 1 aliphatic rings. The van der Waals surface area contributed by atoms with Crippen molar-refractivity contribution in [1.29, 1.82) is 0 Å². The molecule has 0 saturated carbocycles. The number of hydrogen-bond donors (Lipinski definition) is 0. The first-order chi connectivity index (χ1) is 11.6. The lowest BCUT2D eigenvalue weighted by Crippen LogP contribution is -2.32. The molecule has 3 rings (SSSR count). The van der Waals surface area contributed by atoms with Crippen molar-refractivity contribution in [1.82, 2.24) is 14.8 Å². The molecule has 1 amide bonds. The maximum Gasteiger partial charge on any atom is 0.224 e. The minimum absolute atomic E-state index is 0.237. The van der Waals surface area contributed by atoms with Crippen LogP contribution in [-0.2, 0) is 17.9 Å². The van der Waals surface area contributed by atoms with Crippen LogP contribution >= 0.6 is 0 Å². The van der Waals surface area contributed by atoms with Crippen LogP contribution in [0.1, 0.15) is 28.7 Å². The highest BCUT2D eigenvalue weighted by Crippen LogP contribution is 2.15. The molecule has 1 aromatic heterocycles. The van der Waals surface area contributed by atoms with E-state index in [1.54, 1.807) is 6.20 Å². The number of nitrogens with zero attached hydrogens (tertiary/aromatic N) is 3. The van der Waals surface area contributed by atoms with Gasteiger partial charge in [-0.25, -0.2) is 0 Å². The van der Waals surface area contributed by atoms with Crippen LogP contribution in [0.3, 0.4) is 0 Å². The van der Waals surface area contributed by atoms with E-state index >= 15 is 0 Å². The van der Waals surface area contributed by atoms with Crippen molar-refractivity contribution in [3.05, 3.63) is 65.0 Å². The smallest absolute Gasteiger partial charge is 0.224 e. The SMILES string of the molecule is Cc1ccc(CN2CCC(=O)N(Cc3cccnc3)CC2)cc1C. The molecule has 2 heterocycles. The standard InChI is InChI=1S/C20H25N3O/c1-16-5-6-18(12-17(16)2)14-22-9-7-20(24)23(11-10-22)15-19-4-3-8-21-13-19/h3-6,8,12-13H,7,9-11,14-15H2,1-2H3. The Hall–Kier alpha value is -2.20. The predicted molar refractivity (Wildman–Crippen MR) is 95.5 cm³/mol. The van der Waals surface area contributed by atoms with Crippen LogP contribution in [0, 0.1) is 13.8 Å². The number of aryl methyl sites for hydroxylation is 2. The fourth-order valence-corrected chi connectivity index (χ4v) is 3.11. The minimum atomic E-state index is 0.237. The lowest BCUT2D eigenvalue weighted by Gasteiger charge is -2.22. The third-order valence-electron chi connectivity index (χ3n) is 4.75. The van der Waals surface area contributed by atoms with Gasteiger partial charge in [-0.1, -0.05) is 24.3 Å². The third kappa shape index (κ3) is 4.20. The Morgan fingerprint density at radius 1 is 1.00 bits per heavy atom. The fourth-order valence-electron chi connectivity index (χ4n) is 3.11. The molecular weight excluding hydrogens is 298 g/mol. The van der Waals surface area contributed by atoms with Gasteiger partial charge in [-0.3, -0.25) is 14.7 Å².